The first-order valence-corrected chi connectivity index (χ1v) is 14.3. The molecule has 10 nitrogen and oxygen atoms in total. The van der Waals surface area contributed by atoms with E-state index in [2.05, 4.69) is 28.7 Å². The second-order valence-electron chi connectivity index (χ2n) is 11.0. The molecule has 6 rings (SSSR count). The SMILES string of the molecule is C=CC(O)N1CCN(c2nc(OC[C@@H]3CCCN3C)nc3c2CN(c2c(Cl)c(F)cc4c2NC(=O)CC4)C3)CC1. The third-order valence-corrected chi connectivity index (χ3v) is 8.85. The van der Waals surface area contributed by atoms with Crippen LogP contribution in [0.15, 0.2) is 18.7 Å². The van der Waals surface area contributed by atoms with Gasteiger partial charge >= 0.3 is 6.01 Å². The Hall–Kier alpha value is -2.99. The minimum atomic E-state index is -0.687. The summed E-state index contributed by atoms with van der Waals surface area (Å²) < 4.78 is 21.1. The fourth-order valence-corrected chi connectivity index (χ4v) is 6.42. The van der Waals surface area contributed by atoms with Gasteiger partial charge < -0.3 is 29.9 Å². The molecule has 0 bridgehead atoms. The number of carbonyl (C=O) groups excluding carboxylic acids is 1. The fraction of sp³-hybridized carbons (Fsp3) is 0.536. The van der Waals surface area contributed by atoms with Crippen molar-refractivity contribution in [3.8, 4) is 6.01 Å². The Morgan fingerprint density at radius 1 is 1.23 bits per heavy atom. The van der Waals surface area contributed by atoms with Crippen LogP contribution in [0.25, 0.3) is 0 Å². The van der Waals surface area contributed by atoms with E-state index >= 15 is 0 Å². The Morgan fingerprint density at radius 3 is 2.75 bits per heavy atom. The molecule has 0 saturated carbocycles. The molecule has 5 heterocycles. The number of hydrogen-bond acceptors (Lipinski definition) is 9. The van der Waals surface area contributed by atoms with Crippen LogP contribution in [0.4, 0.5) is 21.6 Å². The lowest BCUT2D eigenvalue weighted by Gasteiger charge is -2.37. The number of hydrogen-bond donors (Lipinski definition) is 2. The average molecular weight is 572 g/mol. The number of halogens is 2. The van der Waals surface area contributed by atoms with Gasteiger partial charge in [-0.15, -0.1) is 0 Å². The zero-order valence-electron chi connectivity index (χ0n) is 22.7. The first kappa shape index (κ1) is 27.2. The first-order valence-electron chi connectivity index (χ1n) is 13.9. The lowest BCUT2D eigenvalue weighted by atomic mass is 10.0. The van der Waals surface area contributed by atoms with Gasteiger partial charge in [-0.05, 0) is 50.6 Å². The van der Waals surface area contributed by atoms with Crippen molar-refractivity contribution in [2.75, 3.05) is 61.5 Å². The second-order valence-corrected chi connectivity index (χ2v) is 11.4. The number of aryl methyl sites for hydroxylation is 1. The highest BCUT2D eigenvalue weighted by atomic mass is 35.5. The number of amides is 1. The average Bonchev–Trinajstić information content (AvgIpc) is 3.57. The molecule has 4 aliphatic rings. The summed E-state index contributed by atoms with van der Waals surface area (Å²) in [5, 5.41) is 13.1. The number of likely N-dealkylation sites (tertiary alicyclic amines) is 1. The number of nitrogens with zero attached hydrogens (tertiary/aromatic N) is 6. The van der Waals surface area contributed by atoms with E-state index in [0.717, 1.165) is 42.0 Å². The largest absolute Gasteiger partial charge is 0.462 e. The molecule has 1 aromatic carbocycles. The highest BCUT2D eigenvalue weighted by Crippen LogP contribution is 2.45. The molecule has 0 radical (unpaired) electrons. The quantitative estimate of drug-likeness (QED) is 0.486. The van der Waals surface area contributed by atoms with Gasteiger partial charge in [0.05, 0.1) is 23.6 Å². The van der Waals surface area contributed by atoms with Gasteiger partial charge in [0.25, 0.3) is 0 Å². The van der Waals surface area contributed by atoms with E-state index in [1.54, 1.807) is 0 Å². The van der Waals surface area contributed by atoms with Gasteiger partial charge in [0.1, 0.15) is 29.5 Å². The standard InChI is InChI=1S/C28H35ClFN7O3/c1-3-23(39)35-9-11-36(12-10-35)27-19-14-37(26-24(29)20(30)13-17-6-7-22(38)32-25(17)26)15-21(19)31-28(33-27)40-16-18-5-4-8-34(18)2/h3,13,18,23,39H,1,4-12,14-16H2,2H3,(H,32,38)/t18-,23?/m0/s1. The van der Waals surface area contributed by atoms with Crippen LogP contribution in [0.3, 0.4) is 0 Å². The molecule has 40 heavy (non-hydrogen) atoms. The number of aliphatic hydroxyl groups is 1. The predicted octanol–water partition coefficient (Wildman–Crippen LogP) is 2.77. The highest BCUT2D eigenvalue weighted by molar-refractivity contribution is 6.34. The number of carbonyl (C=O) groups is 1. The molecule has 2 aromatic rings. The molecule has 2 N–H and O–H groups in total. The van der Waals surface area contributed by atoms with Crippen molar-refractivity contribution in [2.45, 2.75) is 51.0 Å². The van der Waals surface area contributed by atoms with E-state index in [1.165, 1.54) is 12.1 Å². The Morgan fingerprint density at radius 2 is 2.02 bits per heavy atom. The van der Waals surface area contributed by atoms with Crippen LogP contribution in [0, 0.1) is 5.82 Å². The third kappa shape index (κ3) is 5.11. The van der Waals surface area contributed by atoms with E-state index in [0.29, 0.717) is 82.1 Å². The Labute approximate surface area is 238 Å². The molecule has 1 unspecified atom stereocenters. The molecule has 0 aliphatic carbocycles. The smallest absolute Gasteiger partial charge is 0.318 e. The van der Waals surface area contributed by atoms with Crippen molar-refractivity contribution in [1.29, 1.82) is 0 Å². The van der Waals surface area contributed by atoms with Gasteiger partial charge in [0, 0.05) is 50.7 Å². The third-order valence-electron chi connectivity index (χ3n) is 8.49. The summed E-state index contributed by atoms with van der Waals surface area (Å²) in [6.45, 7) is 8.66. The minimum Gasteiger partial charge on any atom is -0.462 e. The molecular formula is C28H35ClFN7O3. The van der Waals surface area contributed by atoms with Crippen LogP contribution in [0.2, 0.25) is 5.02 Å². The number of piperazine rings is 1. The lowest BCUT2D eigenvalue weighted by molar-refractivity contribution is -0.116. The van der Waals surface area contributed by atoms with Crippen LogP contribution < -0.4 is 19.9 Å². The monoisotopic (exact) mass is 571 g/mol. The van der Waals surface area contributed by atoms with Crippen LogP contribution >= 0.6 is 11.6 Å². The Kier molecular flexibility index (Phi) is 7.56. The van der Waals surface area contributed by atoms with Crippen LogP contribution in [0.1, 0.15) is 36.1 Å². The number of anilines is 3. The van der Waals surface area contributed by atoms with Crippen molar-refractivity contribution in [3.05, 3.63) is 46.4 Å². The molecule has 214 valence electrons. The van der Waals surface area contributed by atoms with Crippen LogP contribution in [0.5, 0.6) is 6.01 Å². The van der Waals surface area contributed by atoms with Gasteiger partial charge in [-0.2, -0.15) is 9.97 Å². The molecule has 2 fully saturated rings. The number of benzene rings is 1. The van der Waals surface area contributed by atoms with Gasteiger partial charge in [-0.3, -0.25) is 9.69 Å². The van der Waals surface area contributed by atoms with Crippen molar-refractivity contribution >= 4 is 34.7 Å². The molecule has 1 amide bonds. The van der Waals surface area contributed by atoms with Crippen molar-refractivity contribution in [1.82, 2.24) is 19.8 Å². The number of rotatable bonds is 7. The summed E-state index contributed by atoms with van der Waals surface area (Å²) in [4.78, 5) is 30.4. The van der Waals surface area contributed by atoms with Crippen LogP contribution in [-0.4, -0.2) is 89.4 Å². The van der Waals surface area contributed by atoms with Crippen molar-refractivity contribution in [3.63, 3.8) is 0 Å². The first-order chi connectivity index (χ1) is 19.3. The fourth-order valence-electron chi connectivity index (χ4n) is 6.15. The normalized spacial score (nSPS) is 22.2. The number of likely N-dealkylation sites (N-methyl/N-ethyl adjacent to an activating group) is 1. The Balaban J connectivity index is 1.32. The van der Waals surface area contributed by atoms with Gasteiger partial charge in [0.15, 0.2) is 0 Å². The number of aromatic nitrogens is 2. The summed E-state index contributed by atoms with van der Waals surface area (Å²) in [7, 11) is 2.10. The van der Waals surface area contributed by atoms with E-state index in [4.69, 9.17) is 26.3 Å². The van der Waals surface area contributed by atoms with E-state index < -0.39 is 12.0 Å². The van der Waals surface area contributed by atoms with E-state index in [-0.39, 0.29) is 10.9 Å². The van der Waals surface area contributed by atoms with E-state index in [9.17, 15) is 14.3 Å². The number of aliphatic hydroxyl groups excluding tert-OH is 1. The topological polar surface area (TPSA) is 97.3 Å². The molecule has 12 heteroatoms. The van der Waals surface area contributed by atoms with Crippen LogP contribution in [-0.2, 0) is 24.3 Å². The number of ether oxygens (including phenoxy) is 1. The predicted molar refractivity (Wildman–Crippen MR) is 151 cm³/mol. The van der Waals surface area contributed by atoms with Crippen molar-refractivity contribution in [2.24, 2.45) is 0 Å². The minimum absolute atomic E-state index is 0.0176. The maximum atomic E-state index is 14.9. The molecule has 2 saturated heterocycles. The van der Waals surface area contributed by atoms with Gasteiger partial charge in [0.2, 0.25) is 5.91 Å². The summed E-state index contributed by atoms with van der Waals surface area (Å²) in [5.74, 6) is 0.164. The van der Waals surface area contributed by atoms with Crippen molar-refractivity contribution < 1.29 is 19.0 Å². The lowest BCUT2D eigenvalue weighted by Crippen LogP contribution is -2.50. The Bertz CT molecular complexity index is 1320. The summed E-state index contributed by atoms with van der Waals surface area (Å²) >= 11 is 6.54. The molecular weight excluding hydrogens is 537 g/mol. The zero-order chi connectivity index (χ0) is 28.0. The van der Waals surface area contributed by atoms with Gasteiger partial charge in [-0.25, -0.2) is 4.39 Å². The summed E-state index contributed by atoms with van der Waals surface area (Å²) in [6.07, 6.45) is 3.84. The molecule has 1 aromatic heterocycles. The highest BCUT2D eigenvalue weighted by Gasteiger charge is 2.34. The number of nitrogens with one attached hydrogen (secondary N) is 1. The zero-order valence-corrected chi connectivity index (χ0v) is 23.5. The van der Waals surface area contributed by atoms with E-state index in [1.807, 2.05) is 9.80 Å². The summed E-state index contributed by atoms with van der Waals surface area (Å²) in [5.41, 5.74) is 3.50. The second kappa shape index (κ2) is 11.1. The maximum Gasteiger partial charge on any atom is 0.318 e. The maximum absolute atomic E-state index is 14.9. The molecule has 4 aliphatic heterocycles. The molecule has 2 atom stereocenters. The summed E-state index contributed by atoms with van der Waals surface area (Å²) in [6, 6.07) is 2.06. The molecule has 0 spiro atoms. The number of fused-ring (bicyclic) bond motifs is 2. The van der Waals surface area contributed by atoms with Gasteiger partial charge in [-0.1, -0.05) is 18.2 Å².